The lowest BCUT2D eigenvalue weighted by Crippen LogP contribution is -2.51. The summed E-state index contributed by atoms with van der Waals surface area (Å²) in [5, 5.41) is 3.34. The Balaban J connectivity index is 1.42. The van der Waals surface area contributed by atoms with E-state index in [2.05, 4.69) is 17.4 Å². The van der Waals surface area contributed by atoms with Crippen LogP contribution in [0.4, 0.5) is 5.69 Å². The molecular formula is C31H39Cl2N3O4S. The van der Waals surface area contributed by atoms with E-state index in [1.54, 1.807) is 25.1 Å². The molecule has 0 aromatic heterocycles. The molecule has 2 aromatic rings. The predicted octanol–water partition coefficient (Wildman–Crippen LogP) is 5.78. The molecule has 7 nitrogen and oxygen atoms in total. The van der Waals surface area contributed by atoms with Crippen LogP contribution in [0.25, 0.3) is 0 Å². The molecule has 0 spiro atoms. The Labute approximate surface area is 253 Å². The van der Waals surface area contributed by atoms with Crippen molar-refractivity contribution in [1.29, 1.82) is 0 Å². The third-order valence-corrected chi connectivity index (χ3v) is 11.4. The number of rotatable bonds is 10. The van der Waals surface area contributed by atoms with E-state index in [9.17, 15) is 18.0 Å². The van der Waals surface area contributed by atoms with Gasteiger partial charge < -0.3 is 10.2 Å². The highest BCUT2D eigenvalue weighted by atomic mass is 35.5. The van der Waals surface area contributed by atoms with Gasteiger partial charge in [0.05, 0.1) is 11.9 Å². The number of likely N-dealkylation sites (N-methyl/N-ethyl adjacent to an activating group) is 1. The number of hydrogen-bond donors (Lipinski definition) is 1. The zero-order chi connectivity index (χ0) is 29.5. The van der Waals surface area contributed by atoms with Crippen molar-refractivity contribution in [3.63, 3.8) is 0 Å². The number of carbonyl (C=O) groups is 2. The summed E-state index contributed by atoms with van der Waals surface area (Å²) in [5.41, 5.74) is 2.39. The number of benzene rings is 2. The summed E-state index contributed by atoms with van der Waals surface area (Å²) in [5.74, 6) is 1.53. The van der Waals surface area contributed by atoms with Crippen molar-refractivity contribution in [2.75, 3.05) is 24.2 Å². The van der Waals surface area contributed by atoms with E-state index >= 15 is 0 Å². The van der Waals surface area contributed by atoms with Crippen LogP contribution in [0.2, 0.25) is 10.0 Å². The maximum absolute atomic E-state index is 13.9. The van der Waals surface area contributed by atoms with Gasteiger partial charge in [0.2, 0.25) is 21.8 Å². The molecule has 0 aliphatic heterocycles. The minimum atomic E-state index is -3.82. The maximum Gasteiger partial charge on any atom is 0.244 e. The molecule has 6 rings (SSSR count). The number of sulfonamides is 1. The summed E-state index contributed by atoms with van der Waals surface area (Å²) in [6.45, 7) is 1.31. The Hall–Kier alpha value is -2.29. The van der Waals surface area contributed by atoms with Gasteiger partial charge in [-0.15, -0.1) is 0 Å². The molecule has 4 aliphatic rings. The van der Waals surface area contributed by atoms with Crippen molar-refractivity contribution in [2.24, 2.45) is 17.8 Å². The molecule has 0 saturated heterocycles. The SMILES string of the molecule is CC[C@@H](C(=O)NC)N(Cc1c(Cl)cccc1Cl)C(=O)CN(c1ccc(C23CC4CC(CC(C4)C2)C3)cc1)S(C)(=O)=O. The average Bonchev–Trinajstić information content (AvgIpc) is 2.91. The molecule has 41 heavy (non-hydrogen) atoms. The number of nitrogens with one attached hydrogen (secondary N) is 1. The van der Waals surface area contributed by atoms with Crippen LogP contribution >= 0.6 is 23.2 Å². The fraction of sp³-hybridized carbons (Fsp3) is 0.548. The molecule has 1 atom stereocenters. The Bertz CT molecular complexity index is 1360. The van der Waals surface area contributed by atoms with Crippen LogP contribution in [-0.4, -0.2) is 51.0 Å². The van der Waals surface area contributed by atoms with Gasteiger partial charge in [0, 0.05) is 29.2 Å². The minimum Gasteiger partial charge on any atom is -0.357 e. The Morgan fingerprint density at radius 1 is 0.976 bits per heavy atom. The molecule has 4 saturated carbocycles. The quantitative estimate of drug-likeness (QED) is 0.365. The molecule has 0 heterocycles. The Morgan fingerprint density at radius 2 is 1.51 bits per heavy atom. The zero-order valence-corrected chi connectivity index (χ0v) is 26.2. The van der Waals surface area contributed by atoms with Crippen molar-refractivity contribution >= 4 is 50.7 Å². The lowest BCUT2D eigenvalue weighted by atomic mass is 9.48. The normalized spacial score (nSPS) is 25.5. The van der Waals surface area contributed by atoms with Gasteiger partial charge in [-0.2, -0.15) is 0 Å². The Morgan fingerprint density at radius 3 is 1.98 bits per heavy atom. The Kier molecular flexibility index (Phi) is 8.66. The van der Waals surface area contributed by atoms with E-state index in [0.29, 0.717) is 27.7 Å². The fourth-order valence-electron chi connectivity index (χ4n) is 8.00. The molecule has 0 unspecified atom stereocenters. The van der Waals surface area contributed by atoms with Gasteiger partial charge in [-0.3, -0.25) is 13.9 Å². The van der Waals surface area contributed by atoms with E-state index in [1.807, 2.05) is 12.1 Å². The summed E-state index contributed by atoms with van der Waals surface area (Å²) in [4.78, 5) is 28.0. The number of hydrogen-bond acceptors (Lipinski definition) is 4. The number of amides is 2. The molecule has 4 fully saturated rings. The summed E-state index contributed by atoms with van der Waals surface area (Å²) in [6.07, 6.45) is 9.12. The van der Waals surface area contributed by atoms with E-state index in [-0.39, 0.29) is 17.9 Å². The molecule has 2 aromatic carbocycles. The van der Waals surface area contributed by atoms with Crippen molar-refractivity contribution in [3.05, 3.63) is 63.6 Å². The third kappa shape index (κ3) is 6.11. The van der Waals surface area contributed by atoms with E-state index in [1.165, 1.54) is 56.0 Å². The number of anilines is 1. The molecular weight excluding hydrogens is 581 g/mol. The van der Waals surface area contributed by atoms with Crippen LogP contribution in [0.15, 0.2) is 42.5 Å². The summed E-state index contributed by atoms with van der Waals surface area (Å²) in [6, 6.07) is 12.0. The highest BCUT2D eigenvalue weighted by molar-refractivity contribution is 7.92. The third-order valence-electron chi connectivity index (χ3n) is 9.51. The molecule has 10 heteroatoms. The molecule has 2 amide bonds. The predicted molar refractivity (Wildman–Crippen MR) is 164 cm³/mol. The maximum atomic E-state index is 13.9. The van der Waals surface area contributed by atoms with Gasteiger partial charge in [0.25, 0.3) is 0 Å². The van der Waals surface area contributed by atoms with Crippen molar-refractivity contribution in [3.8, 4) is 0 Å². The largest absolute Gasteiger partial charge is 0.357 e. The van der Waals surface area contributed by atoms with Crippen LogP contribution in [0, 0.1) is 17.8 Å². The van der Waals surface area contributed by atoms with E-state index < -0.39 is 28.5 Å². The molecule has 222 valence electrons. The van der Waals surface area contributed by atoms with Gasteiger partial charge in [-0.1, -0.05) is 48.3 Å². The van der Waals surface area contributed by atoms with Gasteiger partial charge in [-0.05, 0) is 97.9 Å². The average molecular weight is 621 g/mol. The molecule has 0 radical (unpaired) electrons. The van der Waals surface area contributed by atoms with E-state index in [0.717, 1.165) is 28.3 Å². The van der Waals surface area contributed by atoms with Crippen LogP contribution in [0.1, 0.15) is 63.0 Å². The highest BCUT2D eigenvalue weighted by Gasteiger charge is 2.51. The van der Waals surface area contributed by atoms with Crippen LogP contribution in [0.5, 0.6) is 0 Å². The fourth-order valence-corrected chi connectivity index (χ4v) is 9.37. The number of nitrogens with zero attached hydrogens (tertiary/aromatic N) is 2. The van der Waals surface area contributed by atoms with Gasteiger partial charge in [-0.25, -0.2) is 8.42 Å². The lowest BCUT2D eigenvalue weighted by molar-refractivity contribution is -0.140. The first-order chi connectivity index (χ1) is 19.4. The first kappa shape index (κ1) is 30.2. The molecule has 1 N–H and O–H groups in total. The summed E-state index contributed by atoms with van der Waals surface area (Å²) < 4.78 is 27.2. The van der Waals surface area contributed by atoms with Crippen molar-refractivity contribution in [1.82, 2.24) is 10.2 Å². The minimum absolute atomic E-state index is 0.0359. The van der Waals surface area contributed by atoms with Crippen molar-refractivity contribution < 1.29 is 18.0 Å². The number of carbonyl (C=O) groups excluding carboxylic acids is 2. The summed E-state index contributed by atoms with van der Waals surface area (Å²) in [7, 11) is -2.31. The topological polar surface area (TPSA) is 86.8 Å². The monoisotopic (exact) mass is 619 g/mol. The first-order valence-electron chi connectivity index (χ1n) is 14.5. The molecule has 4 bridgehead atoms. The van der Waals surface area contributed by atoms with Crippen molar-refractivity contribution in [2.45, 2.75) is 69.9 Å². The smallest absolute Gasteiger partial charge is 0.244 e. The van der Waals surface area contributed by atoms with Gasteiger partial charge in [0.15, 0.2) is 0 Å². The van der Waals surface area contributed by atoms with Crippen LogP contribution in [0.3, 0.4) is 0 Å². The lowest BCUT2D eigenvalue weighted by Gasteiger charge is -2.57. The zero-order valence-electron chi connectivity index (χ0n) is 23.9. The number of halogens is 2. The molecule has 4 aliphatic carbocycles. The second kappa shape index (κ2) is 11.8. The van der Waals surface area contributed by atoms with Gasteiger partial charge in [0.1, 0.15) is 12.6 Å². The first-order valence-corrected chi connectivity index (χ1v) is 17.1. The summed E-state index contributed by atoms with van der Waals surface area (Å²) >= 11 is 12.8. The second-order valence-corrected chi connectivity index (χ2v) is 15.0. The second-order valence-electron chi connectivity index (χ2n) is 12.3. The van der Waals surface area contributed by atoms with E-state index in [4.69, 9.17) is 23.2 Å². The van der Waals surface area contributed by atoms with Crippen LogP contribution in [-0.2, 0) is 31.6 Å². The van der Waals surface area contributed by atoms with Crippen LogP contribution < -0.4 is 9.62 Å². The standard InChI is InChI=1S/C31H39Cl2N3O4S/c1-4-28(30(38)34-2)35(18-25-26(32)6-5-7-27(25)33)29(37)19-36(41(3,39)40)24-10-8-23(9-11-24)31-15-20-12-21(16-31)14-22(13-20)17-31/h5-11,20-22,28H,4,12-19H2,1-3H3,(H,34,38)/t20?,21?,22?,28-,31?/m0/s1. The highest BCUT2D eigenvalue weighted by Crippen LogP contribution is 2.60. The van der Waals surface area contributed by atoms with Gasteiger partial charge >= 0.3 is 0 Å².